The van der Waals surface area contributed by atoms with Crippen molar-refractivity contribution in [3.63, 3.8) is 0 Å². The Hall–Kier alpha value is -1.68. The Morgan fingerprint density at radius 1 is 1.11 bits per heavy atom. The van der Waals surface area contributed by atoms with E-state index in [1.807, 2.05) is 25.3 Å². The Morgan fingerprint density at radius 3 is 2.67 bits per heavy atom. The fraction of sp³-hybridized carbons (Fsp3) is 0.143. The average molecular weight is 302 g/mol. The van der Waals surface area contributed by atoms with Crippen LogP contribution in [0.4, 0.5) is 0 Å². The number of hydrogen-bond donors (Lipinski definition) is 1. The van der Waals surface area contributed by atoms with Crippen molar-refractivity contribution in [1.82, 2.24) is 15.0 Å². The zero-order chi connectivity index (χ0) is 12.7. The Kier molecular flexibility index (Phi) is 2.67. The van der Waals surface area contributed by atoms with Crippen LogP contribution >= 0.6 is 15.9 Å². The molecule has 0 atom stereocenters. The molecule has 1 aromatic carbocycles. The molecule has 1 N–H and O–H groups in total. The van der Waals surface area contributed by atoms with Crippen LogP contribution in [0.5, 0.6) is 0 Å². The number of benzene rings is 1. The molecule has 3 rings (SSSR count). The highest BCUT2D eigenvalue weighted by molar-refractivity contribution is 9.10. The normalized spacial score (nSPS) is 11.1. The first kappa shape index (κ1) is 11.4. The molecule has 2 aromatic heterocycles. The van der Waals surface area contributed by atoms with Crippen molar-refractivity contribution in [1.29, 1.82) is 0 Å². The summed E-state index contributed by atoms with van der Waals surface area (Å²) in [6.07, 6.45) is 1.90. The third-order valence-corrected chi connectivity index (χ3v) is 3.62. The van der Waals surface area contributed by atoms with Gasteiger partial charge in [0, 0.05) is 16.2 Å². The van der Waals surface area contributed by atoms with Crippen molar-refractivity contribution < 1.29 is 0 Å². The van der Waals surface area contributed by atoms with E-state index in [1.54, 1.807) is 0 Å². The summed E-state index contributed by atoms with van der Waals surface area (Å²) in [5.74, 6) is 0.773. The minimum atomic E-state index is 0.773. The summed E-state index contributed by atoms with van der Waals surface area (Å²) in [6.45, 7) is 4.01. The predicted molar refractivity (Wildman–Crippen MR) is 76.5 cm³/mol. The van der Waals surface area contributed by atoms with Crippen LogP contribution in [0.25, 0.3) is 22.3 Å². The fourth-order valence-corrected chi connectivity index (χ4v) is 2.63. The Bertz CT molecular complexity index is 731. The maximum absolute atomic E-state index is 4.60. The van der Waals surface area contributed by atoms with Gasteiger partial charge in [0.25, 0.3) is 0 Å². The molecule has 4 heteroatoms. The maximum Gasteiger partial charge on any atom is 0.142 e. The molecular formula is C14H12BrN3. The summed E-state index contributed by atoms with van der Waals surface area (Å²) in [5.41, 5.74) is 4.20. The molecule has 0 unspecified atom stereocenters. The van der Waals surface area contributed by atoms with Crippen LogP contribution in [0.3, 0.4) is 0 Å². The Balaban J connectivity index is 2.41. The van der Waals surface area contributed by atoms with Gasteiger partial charge in [-0.25, -0.2) is 9.97 Å². The summed E-state index contributed by atoms with van der Waals surface area (Å²) >= 11 is 3.55. The van der Waals surface area contributed by atoms with E-state index >= 15 is 0 Å². The number of fused-ring (bicyclic) bond motifs is 1. The molecule has 0 aliphatic heterocycles. The van der Waals surface area contributed by atoms with Gasteiger partial charge in [-0.3, -0.25) is 0 Å². The first-order valence-corrected chi connectivity index (χ1v) is 6.53. The van der Waals surface area contributed by atoms with E-state index in [4.69, 9.17) is 0 Å². The van der Waals surface area contributed by atoms with Crippen LogP contribution < -0.4 is 0 Å². The largest absolute Gasteiger partial charge is 0.345 e. The number of aromatic nitrogens is 3. The molecule has 0 spiro atoms. The first-order chi connectivity index (χ1) is 8.66. The lowest BCUT2D eigenvalue weighted by Crippen LogP contribution is -1.94. The molecule has 0 saturated heterocycles. The van der Waals surface area contributed by atoms with Crippen LogP contribution in [0.2, 0.25) is 0 Å². The average Bonchev–Trinajstić information content (AvgIpc) is 2.71. The monoisotopic (exact) mass is 301 g/mol. The van der Waals surface area contributed by atoms with Gasteiger partial charge in [-0.05, 0) is 35.3 Å². The number of halogens is 1. The second-order valence-electron chi connectivity index (χ2n) is 4.29. The highest BCUT2D eigenvalue weighted by atomic mass is 79.9. The van der Waals surface area contributed by atoms with Crippen LogP contribution in [-0.2, 0) is 0 Å². The van der Waals surface area contributed by atoms with E-state index in [0.29, 0.717) is 0 Å². The number of aromatic amines is 1. The molecule has 3 aromatic rings. The summed E-state index contributed by atoms with van der Waals surface area (Å²) in [7, 11) is 0. The molecule has 0 aliphatic carbocycles. The minimum Gasteiger partial charge on any atom is -0.345 e. The standard InChI is InChI=1S/C14H12BrN3/c1-8-5-3-4-6-10(8)13-12-11(15)7-16-14(12)18-9(2)17-13/h3-7H,1-2H3,(H,16,17,18). The molecule has 90 valence electrons. The van der Waals surface area contributed by atoms with Gasteiger partial charge in [0.05, 0.1) is 11.1 Å². The van der Waals surface area contributed by atoms with E-state index in [1.165, 1.54) is 5.56 Å². The Labute approximate surface area is 113 Å². The molecule has 0 aliphatic rings. The number of aryl methyl sites for hydroxylation is 2. The van der Waals surface area contributed by atoms with Gasteiger partial charge in [0.1, 0.15) is 11.5 Å². The van der Waals surface area contributed by atoms with Crippen molar-refractivity contribution in [2.45, 2.75) is 13.8 Å². The van der Waals surface area contributed by atoms with Crippen LogP contribution in [0.15, 0.2) is 34.9 Å². The lowest BCUT2D eigenvalue weighted by Gasteiger charge is -2.07. The van der Waals surface area contributed by atoms with Gasteiger partial charge >= 0.3 is 0 Å². The first-order valence-electron chi connectivity index (χ1n) is 5.74. The number of hydrogen-bond acceptors (Lipinski definition) is 2. The topological polar surface area (TPSA) is 41.6 Å². The third kappa shape index (κ3) is 1.73. The molecule has 0 radical (unpaired) electrons. The van der Waals surface area contributed by atoms with E-state index in [9.17, 15) is 0 Å². The molecule has 0 amide bonds. The second kappa shape index (κ2) is 4.21. The Morgan fingerprint density at radius 2 is 1.89 bits per heavy atom. The van der Waals surface area contributed by atoms with Gasteiger partial charge in [-0.1, -0.05) is 24.3 Å². The van der Waals surface area contributed by atoms with E-state index in [-0.39, 0.29) is 0 Å². The SMILES string of the molecule is Cc1nc(-c2ccccc2C)c2c(Br)c[nH]c2n1. The minimum absolute atomic E-state index is 0.773. The van der Waals surface area contributed by atoms with Crippen LogP contribution in [0.1, 0.15) is 11.4 Å². The smallest absolute Gasteiger partial charge is 0.142 e. The van der Waals surface area contributed by atoms with Crippen molar-refractivity contribution in [3.8, 4) is 11.3 Å². The zero-order valence-corrected chi connectivity index (χ0v) is 11.7. The van der Waals surface area contributed by atoms with Crippen molar-refractivity contribution in [2.24, 2.45) is 0 Å². The maximum atomic E-state index is 4.60. The van der Waals surface area contributed by atoms with Gasteiger partial charge in [-0.2, -0.15) is 0 Å². The van der Waals surface area contributed by atoms with Crippen molar-refractivity contribution in [2.75, 3.05) is 0 Å². The predicted octanol–water partition coefficient (Wildman–Crippen LogP) is 4.00. The lowest BCUT2D eigenvalue weighted by molar-refractivity contribution is 1.08. The molecule has 18 heavy (non-hydrogen) atoms. The highest BCUT2D eigenvalue weighted by Gasteiger charge is 2.13. The summed E-state index contributed by atoms with van der Waals surface area (Å²) in [5, 5.41) is 1.04. The quantitative estimate of drug-likeness (QED) is 0.738. The van der Waals surface area contributed by atoms with Gasteiger partial charge < -0.3 is 4.98 Å². The summed E-state index contributed by atoms with van der Waals surface area (Å²) < 4.78 is 0.996. The third-order valence-electron chi connectivity index (χ3n) is 3.00. The molecular weight excluding hydrogens is 290 g/mol. The number of H-pyrrole nitrogens is 1. The van der Waals surface area contributed by atoms with Crippen molar-refractivity contribution >= 4 is 27.0 Å². The van der Waals surface area contributed by atoms with Crippen LogP contribution in [0, 0.1) is 13.8 Å². The molecule has 3 nitrogen and oxygen atoms in total. The molecule has 0 saturated carbocycles. The van der Waals surface area contributed by atoms with Gasteiger partial charge in [0.2, 0.25) is 0 Å². The second-order valence-corrected chi connectivity index (χ2v) is 5.15. The van der Waals surface area contributed by atoms with Crippen LogP contribution in [-0.4, -0.2) is 15.0 Å². The highest BCUT2D eigenvalue weighted by Crippen LogP contribution is 2.33. The fourth-order valence-electron chi connectivity index (χ4n) is 2.14. The summed E-state index contributed by atoms with van der Waals surface area (Å²) in [4.78, 5) is 12.2. The van der Waals surface area contributed by atoms with Gasteiger partial charge in [-0.15, -0.1) is 0 Å². The number of rotatable bonds is 1. The zero-order valence-electron chi connectivity index (χ0n) is 10.2. The van der Waals surface area contributed by atoms with E-state index in [0.717, 1.165) is 32.6 Å². The number of nitrogens with one attached hydrogen (secondary N) is 1. The molecule has 2 heterocycles. The van der Waals surface area contributed by atoms with E-state index in [2.05, 4.69) is 49.9 Å². The molecule has 0 bridgehead atoms. The van der Waals surface area contributed by atoms with Crippen molar-refractivity contribution in [3.05, 3.63) is 46.3 Å². The summed E-state index contributed by atoms with van der Waals surface area (Å²) in [6, 6.07) is 8.26. The van der Waals surface area contributed by atoms with E-state index < -0.39 is 0 Å². The van der Waals surface area contributed by atoms with Gasteiger partial charge in [0.15, 0.2) is 0 Å². The number of nitrogens with zero attached hydrogens (tertiary/aromatic N) is 2. The molecule has 0 fully saturated rings. The lowest BCUT2D eigenvalue weighted by atomic mass is 10.0.